The number of hydrogen-bond donors (Lipinski definition) is 0. The summed E-state index contributed by atoms with van der Waals surface area (Å²) in [6.45, 7) is 0.175. The Hall–Kier alpha value is -1.94. The quantitative estimate of drug-likeness (QED) is 0.755. The summed E-state index contributed by atoms with van der Waals surface area (Å²) in [5.41, 5.74) is 0. The molecule has 1 aromatic rings. The third-order valence-corrected chi connectivity index (χ3v) is 4.09. The Morgan fingerprint density at radius 3 is 2.47 bits per heavy atom. The first kappa shape index (κ1) is 15.1. The van der Waals surface area contributed by atoms with Gasteiger partial charge in [-0.1, -0.05) is 0 Å². The monoisotopic (exact) mass is 284 g/mol. The first-order valence-corrected chi connectivity index (χ1v) is 7.11. The number of nitrogens with zero attached hydrogens (tertiary/aromatic N) is 2. The Morgan fingerprint density at radius 1 is 1.37 bits per heavy atom. The van der Waals surface area contributed by atoms with Crippen LogP contribution in [0.25, 0.3) is 0 Å². The summed E-state index contributed by atoms with van der Waals surface area (Å²) >= 11 is 0. The van der Waals surface area contributed by atoms with Gasteiger partial charge in [-0.05, 0) is 24.3 Å². The van der Waals surface area contributed by atoms with Gasteiger partial charge >= 0.3 is 0 Å². The number of amides is 1. The highest BCUT2D eigenvalue weighted by atomic mass is 32.2. The van der Waals surface area contributed by atoms with E-state index in [0.717, 1.165) is 24.3 Å². The van der Waals surface area contributed by atoms with E-state index >= 15 is 0 Å². The fourth-order valence-corrected chi connectivity index (χ4v) is 2.60. The molecule has 0 saturated heterocycles. The van der Waals surface area contributed by atoms with Crippen LogP contribution in [0.15, 0.2) is 29.2 Å². The standard InChI is InChI=1S/C12H13FN2O3S/c1-15(8-2-7-14)12(16)9-19(17,18)11-5-3-10(13)4-6-11/h3-6H,2,8-9H2,1H3. The summed E-state index contributed by atoms with van der Waals surface area (Å²) in [4.78, 5) is 12.8. The molecule has 0 radical (unpaired) electrons. The van der Waals surface area contributed by atoms with Gasteiger partial charge in [-0.25, -0.2) is 12.8 Å². The number of nitriles is 1. The summed E-state index contributed by atoms with van der Waals surface area (Å²) in [5.74, 6) is -1.84. The Labute approximate surface area is 111 Å². The fraction of sp³-hybridized carbons (Fsp3) is 0.333. The van der Waals surface area contributed by atoms with Crippen LogP contribution >= 0.6 is 0 Å². The average molecular weight is 284 g/mol. The molecule has 0 saturated carbocycles. The lowest BCUT2D eigenvalue weighted by molar-refractivity contribution is -0.127. The summed E-state index contributed by atoms with van der Waals surface area (Å²) in [5, 5.41) is 8.39. The predicted molar refractivity (Wildman–Crippen MR) is 66.3 cm³/mol. The molecule has 102 valence electrons. The van der Waals surface area contributed by atoms with Gasteiger partial charge in [0.15, 0.2) is 9.84 Å². The third-order valence-electron chi connectivity index (χ3n) is 2.47. The van der Waals surface area contributed by atoms with Crippen LogP contribution in [0, 0.1) is 17.1 Å². The maximum atomic E-state index is 12.7. The van der Waals surface area contributed by atoms with Gasteiger partial charge in [0.25, 0.3) is 0 Å². The Balaban J connectivity index is 2.78. The van der Waals surface area contributed by atoms with Crippen molar-refractivity contribution in [1.82, 2.24) is 4.90 Å². The third kappa shape index (κ3) is 4.34. The van der Waals surface area contributed by atoms with E-state index in [0.29, 0.717) is 0 Å². The highest BCUT2D eigenvalue weighted by molar-refractivity contribution is 7.92. The number of sulfone groups is 1. The SMILES string of the molecule is CN(CCC#N)C(=O)CS(=O)(=O)c1ccc(F)cc1. The van der Waals surface area contributed by atoms with Gasteiger partial charge in [-0.15, -0.1) is 0 Å². The molecule has 0 aliphatic heterocycles. The maximum absolute atomic E-state index is 12.7. The number of halogens is 1. The van der Waals surface area contributed by atoms with Crippen molar-refractivity contribution in [2.45, 2.75) is 11.3 Å². The number of hydrogen-bond acceptors (Lipinski definition) is 4. The Morgan fingerprint density at radius 2 is 1.95 bits per heavy atom. The summed E-state index contributed by atoms with van der Waals surface area (Å²) < 4.78 is 36.5. The highest BCUT2D eigenvalue weighted by Gasteiger charge is 2.21. The second-order valence-electron chi connectivity index (χ2n) is 3.94. The molecule has 0 heterocycles. The smallest absolute Gasteiger partial charge is 0.237 e. The fourth-order valence-electron chi connectivity index (χ4n) is 1.34. The van der Waals surface area contributed by atoms with Crippen LogP contribution < -0.4 is 0 Å². The number of carbonyl (C=O) groups excluding carboxylic acids is 1. The molecule has 1 rings (SSSR count). The van der Waals surface area contributed by atoms with E-state index < -0.39 is 27.3 Å². The average Bonchev–Trinajstić information content (AvgIpc) is 2.35. The van der Waals surface area contributed by atoms with Crippen molar-refractivity contribution in [3.05, 3.63) is 30.1 Å². The second kappa shape index (κ2) is 6.29. The van der Waals surface area contributed by atoms with Crippen LogP contribution in [0.2, 0.25) is 0 Å². The molecule has 19 heavy (non-hydrogen) atoms. The molecule has 1 amide bonds. The number of rotatable bonds is 5. The molecule has 0 aliphatic rings. The minimum Gasteiger partial charge on any atom is -0.344 e. The van der Waals surface area contributed by atoms with Gasteiger partial charge in [-0.3, -0.25) is 4.79 Å². The molecule has 0 spiro atoms. The van der Waals surface area contributed by atoms with Crippen molar-refractivity contribution < 1.29 is 17.6 Å². The van der Waals surface area contributed by atoms with Crippen LogP contribution in [0.3, 0.4) is 0 Å². The molecule has 0 atom stereocenters. The zero-order valence-electron chi connectivity index (χ0n) is 10.3. The largest absolute Gasteiger partial charge is 0.344 e. The van der Waals surface area contributed by atoms with Crippen molar-refractivity contribution in [2.24, 2.45) is 0 Å². The van der Waals surface area contributed by atoms with Crippen molar-refractivity contribution >= 4 is 15.7 Å². The van der Waals surface area contributed by atoms with Crippen LogP contribution in [-0.2, 0) is 14.6 Å². The van der Waals surface area contributed by atoms with Gasteiger partial charge in [0.2, 0.25) is 5.91 Å². The van der Waals surface area contributed by atoms with Crippen molar-refractivity contribution in [2.75, 3.05) is 19.3 Å². The van der Waals surface area contributed by atoms with Gasteiger partial charge in [0.05, 0.1) is 17.4 Å². The summed E-state index contributed by atoms with van der Waals surface area (Å²) in [7, 11) is -2.36. The van der Waals surface area contributed by atoms with Crippen molar-refractivity contribution in [3.8, 4) is 6.07 Å². The van der Waals surface area contributed by atoms with E-state index in [9.17, 15) is 17.6 Å². The molecule has 0 fully saturated rings. The van der Waals surface area contributed by atoms with E-state index in [1.165, 1.54) is 11.9 Å². The minimum absolute atomic E-state index is 0.101. The lowest BCUT2D eigenvalue weighted by atomic mass is 10.4. The van der Waals surface area contributed by atoms with Gasteiger partial charge in [-0.2, -0.15) is 5.26 Å². The van der Waals surface area contributed by atoms with Crippen LogP contribution in [0.4, 0.5) is 4.39 Å². The van der Waals surface area contributed by atoms with Gasteiger partial charge < -0.3 is 4.90 Å². The first-order valence-electron chi connectivity index (χ1n) is 5.46. The molecular weight excluding hydrogens is 271 g/mol. The predicted octanol–water partition coefficient (Wildman–Crippen LogP) is 0.971. The zero-order chi connectivity index (χ0) is 14.5. The van der Waals surface area contributed by atoms with Crippen LogP contribution in [0.5, 0.6) is 0 Å². The highest BCUT2D eigenvalue weighted by Crippen LogP contribution is 2.12. The molecule has 1 aromatic carbocycles. The molecule has 0 bridgehead atoms. The first-order chi connectivity index (χ1) is 8.86. The van der Waals surface area contributed by atoms with Crippen molar-refractivity contribution in [3.63, 3.8) is 0 Å². The topological polar surface area (TPSA) is 78.2 Å². The molecule has 0 unspecified atom stereocenters. The van der Waals surface area contributed by atoms with E-state index in [2.05, 4.69) is 0 Å². The van der Waals surface area contributed by atoms with Gasteiger partial charge in [0.1, 0.15) is 11.6 Å². The Bertz CT molecular complexity index is 590. The van der Waals surface area contributed by atoms with E-state index in [4.69, 9.17) is 5.26 Å². The summed E-state index contributed by atoms with van der Waals surface area (Å²) in [6.07, 6.45) is 0.138. The maximum Gasteiger partial charge on any atom is 0.237 e. The molecule has 0 N–H and O–H groups in total. The Kier molecular flexibility index (Phi) is 5.01. The number of benzene rings is 1. The molecule has 5 nitrogen and oxygen atoms in total. The second-order valence-corrected chi connectivity index (χ2v) is 5.93. The molecule has 0 aromatic heterocycles. The lowest BCUT2D eigenvalue weighted by Gasteiger charge is -2.15. The van der Waals surface area contributed by atoms with E-state index in [-0.39, 0.29) is 17.9 Å². The van der Waals surface area contributed by atoms with E-state index in [1.54, 1.807) is 0 Å². The molecule has 7 heteroatoms. The van der Waals surface area contributed by atoms with Crippen LogP contribution in [-0.4, -0.2) is 38.6 Å². The number of carbonyl (C=O) groups is 1. The van der Waals surface area contributed by atoms with Crippen LogP contribution in [0.1, 0.15) is 6.42 Å². The lowest BCUT2D eigenvalue weighted by Crippen LogP contribution is -2.33. The molecule has 0 aliphatic carbocycles. The summed E-state index contributed by atoms with van der Waals surface area (Å²) in [6, 6.07) is 6.15. The zero-order valence-corrected chi connectivity index (χ0v) is 11.2. The minimum atomic E-state index is -3.79. The normalized spacial score (nSPS) is 10.8. The van der Waals surface area contributed by atoms with Gasteiger partial charge in [0, 0.05) is 13.6 Å². The van der Waals surface area contributed by atoms with E-state index in [1.807, 2.05) is 6.07 Å². The van der Waals surface area contributed by atoms with Crippen molar-refractivity contribution in [1.29, 1.82) is 5.26 Å². The molecular formula is C12H13FN2O3S.